The van der Waals surface area contributed by atoms with E-state index in [1.807, 2.05) is 0 Å². The minimum atomic E-state index is -0.354. The molecular formula is C10H13N5O2. The van der Waals surface area contributed by atoms with E-state index in [4.69, 9.17) is 4.74 Å². The lowest BCUT2D eigenvalue weighted by atomic mass is 10.1. The molecule has 0 aromatic carbocycles. The molecule has 1 aliphatic heterocycles. The van der Waals surface area contributed by atoms with Gasteiger partial charge in [-0.25, -0.2) is 9.89 Å². The van der Waals surface area contributed by atoms with E-state index in [1.54, 1.807) is 12.1 Å². The highest BCUT2D eigenvalue weighted by atomic mass is 16.5. The van der Waals surface area contributed by atoms with Crippen molar-refractivity contribution in [3.63, 3.8) is 0 Å². The molecule has 3 heterocycles. The number of H-pyrrole nitrogens is 1. The summed E-state index contributed by atoms with van der Waals surface area (Å²) in [6.45, 7) is 1.85. The predicted octanol–water partition coefficient (Wildman–Crippen LogP) is -0.452. The van der Waals surface area contributed by atoms with Crippen molar-refractivity contribution < 1.29 is 4.74 Å². The van der Waals surface area contributed by atoms with Crippen molar-refractivity contribution in [2.45, 2.75) is 18.9 Å². The Morgan fingerprint density at radius 2 is 2.41 bits per heavy atom. The molecule has 0 aliphatic carbocycles. The van der Waals surface area contributed by atoms with Crippen LogP contribution in [0, 0.1) is 0 Å². The zero-order chi connectivity index (χ0) is 11.7. The SMILES string of the molecule is O=c1[nH]nc2ccc(O[C@H]3CCCNC3)nn12. The van der Waals surface area contributed by atoms with Crippen LogP contribution in [-0.4, -0.2) is 39.0 Å². The number of piperidine rings is 1. The molecule has 7 heteroatoms. The number of ether oxygens (including phenoxy) is 1. The van der Waals surface area contributed by atoms with Crippen LogP contribution in [0.1, 0.15) is 12.8 Å². The van der Waals surface area contributed by atoms with Gasteiger partial charge in [0.15, 0.2) is 5.65 Å². The number of aromatic nitrogens is 4. The van der Waals surface area contributed by atoms with Gasteiger partial charge >= 0.3 is 5.69 Å². The van der Waals surface area contributed by atoms with Gasteiger partial charge in [0.2, 0.25) is 5.88 Å². The van der Waals surface area contributed by atoms with Gasteiger partial charge in [0, 0.05) is 12.6 Å². The van der Waals surface area contributed by atoms with Gasteiger partial charge in [-0.05, 0) is 25.5 Å². The fourth-order valence-corrected chi connectivity index (χ4v) is 1.94. The van der Waals surface area contributed by atoms with Gasteiger partial charge < -0.3 is 10.1 Å². The van der Waals surface area contributed by atoms with Gasteiger partial charge in [-0.15, -0.1) is 5.10 Å². The molecular weight excluding hydrogens is 222 g/mol. The normalized spacial score (nSPS) is 20.6. The lowest BCUT2D eigenvalue weighted by Gasteiger charge is -2.23. The minimum absolute atomic E-state index is 0.122. The molecule has 2 N–H and O–H groups in total. The maximum absolute atomic E-state index is 11.3. The van der Waals surface area contributed by atoms with Crippen LogP contribution in [0.3, 0.4) is 0 Å². The zero-order valence-electron chi connectivity index (χ0n) is 9.22. The second-order valence-corrected chi connectivity index (χ2v) is 4.06. The molecule has 17 heavy (non-hydrogen) atoms. The first-order chi connectivity index (χ1) is 8.33. The molecule has 1 atom stereocenters. The lowest BCUT2D eigenvalue weighted by Crippen LogP contribution is -2.37. The molecule has 0 unspecified atom stereocenters. The Bertz CT molecular complexity index is 569. The van der Waals surface area contributed by atoms with E-state index in [2.05, 4.69) is 20.6 Å². The third-order valence-electron chi connectivity index (χ3n) is 2.79. The Morgan fingerprint density at radius 3 is 3.24 bits per heavy atom. The highest BCUT2D eigenvalue weighted by Gasteiger charge is 2.15. The summed E-state index contributed by atoms with van der Waals surface area (Å²) in [5.41, 5.74) is 0.135. The number of hydrogen-bond acceptors (Lipinski definition) is 5. The lowest BCUT2D eigenvalue weighted by molar-refractivity contribution is 0.158. The van der Waals surface area contributed by atoms with E-state index < -0.39 is 0 Å². The summed E-state index contributed by atoms with van der Waals surface area (Å²) in [6.07, 6.45) is 2.22. The summed E-state index contributed by atoms with van der Waals surface area (Å²) < 4.78 is 6.91. The van der Waals surface area contributed by atoms with Crippen LogP contribution in [0.2, 0.25) is 0 Å². The quantitative estimate of drug-likeness (QED) is 0.736. The molecule has 0 bridgehead atoms. The van der Waals surface area contributed by atoms with E-state index in [0.717, 1.165) is 25.9 Å². The van der Waals surface area contributed by atoms with Crippen molar-refractivity contribution in [2.24, 2.45) is 0 Å². The Hall–Kier alpha value is -1.89. The number of nitrogens with zero attached hydrogens (tertiary/aromatic N) is 3. The molecule has 0 amide bonds. The molecule has 3 rings (SSSR count). The molecule has 0 radical (unpaired) electrons. The summed E-state index contributed by atoms with van der Waals surface area (Å²) >= 11 is 0. The van der Waals surface area contributed by atoms with E-state index in [0.29, 0.717) is 11.5 Å². The van der Waals surface area contributed by atoms with Crippen LogP contribution in [0.15, 0.2) is 16.9 Å². The maximum atomic E-state index is 11.3. The molecule has 2 aromatic heterocycles. The highest BCUT2D eigenvalue weighted by Crippen LogP contribution is 2.12. The Kier molecular flexibility index (Phi) is 2.52. The molecule has 0 spiro atoms. The first-order valence-electron chi connectivity index (χ1n) is 5.65. The average molecular weight is 235 g/mol. The van der Waals surface area contributed by atoms with Gasteiger partial charge in [-0.2, -0.15) is 9.61 Å². The highest BCUT2D eigenvalue weighted by molar-refractivity contribution is 5.35. The summed E-state index contributed by atoms with van der Waals surface area (Å²) in [5.74, 6) is 0.453. The number of rotatable bonds is 2. The van der Waals surface area contributed by atoms with Crippen LogP contribution in [0.4, 0.5) is 0 Å². The number of aromatic amines is 1. The van der Waals surface area contributed by atoms with Gasteiger partial charge in [-0.3, -0.25) is 0 Å². The minimum Gasteiger partial charge on any atom is -0.472 e. The van der Waals surface area contributed by atoms with E-state index >= 15 is 0 Å². The second kappa shape index (κ2) is 4.17. The van der Waals surface area contributed by atoms with Gasteiger partial charge in [-0.1, -0.05) is 0 Å². The molecule has 0 saturated carbocycles. The number of nitrogens with one attached hydrogen (secondary N) is 2. The monoisotopic (exact) mass is 235 g/mol. The summed E-state index contributed by atoms with van der Waals surface area (Å²) in [5, 5.41) is 13.5. The van der Waals surface area contributed by atoms with E-state index in [-0.39, 0.29) is 11.8 Å². The van der Waals surface area contributed by atoms with Crippen LogP contribution in [-0.2, 0) is 0 Å². The van der Waals surface area contributed by atoms with Crippen molar-refractivity contribution in [1.29, 1.82) is 0 Å². The van der Waals surface area contributed by atoms with Crippen LogP contribution in [0.25, 0.3) is 5.65 Å². The number of hydrogen-bond donors (Lipinski definition) is 2. The van der Waals surface area contributed by atoms with Crippen LogP contribution >= 0.6 is 0 Å². The molecule has 1 aliphatic rings. The van der Waals surface area contributed by atoms with Gasteiger partial charge in [0.1, 0.15) is 6.10 Å². The van der Waals surface area contributed by atoms with E-state index in [9.17, 15) is 4.79 Å². The second-order valence-electron chi connectivity index (χ2n) is 4.06. The summed E-state index contributed by atoms with van der Waals surface area (Å²) in [7, 11) is 0. The van der Waals surface area contributed by atoms with Gasteiger partial charge in [0.25, 0.3) is 0 Å². The summed E-state index contributed by atoms with van der Waals surface area (Å²) in [6, 6.07) is 3.43. The molecule has 1 fully saturated rings. The molecule has 1 saturated heterocycles. The fourth-order valence-electron chi connectivity index (χ4n) is 1.94. The maximum Gasteiger partial charge on any atom is 0.364 e. The van der Waals surface area contributed by atoms with Crippen LogP contribution < -0.4 is 15.7 Å². The van der Waals surface area contributed by atoms with Crippen molar-refractivity contribution in [2.75, 3.05) is 13.1 Å². The Balaban J connectivity index is 1.84. The van der Waals surface area contributed by atoms with Crippen molar-refractivity contribution in [3.8, 4) is 5.88 Å². The first kappa shape index (κ1) is 10.3. The van der Waals surface area contributed by atoms with Crippen molar-refractivity contribution in [1.82, 2.24) is 25.1 Å². The average Bonchev–Trinajstić information content (AvgIpc) is 2.73. The van der Waals surface area contributed by atoms with Crippen molar-refractivity contribution >= 4 is 5.65 Å². The molecule has 90 valence electrons. The Labute approximate surface area is 96.8 Å². The first-order valence-corrected chi connectivity index (χ1v) is 5.65. The topological polar surface area (TPSA) is 84.3 Å². The molecule has 2 aromatic rings. The molecule has 7 nitrogen and oxygen atoms in total. The smallest absolute Gasteiger partial charge is 0.364 e. The third kappa shape index (κ3) is 2.01. The van der Waals surface area contributed by atoms with Crippen LogP contribution in [0.5, 0.6) is 5.88 Å². The number of fused-ring (bicyclic) bond motifs is 1. The van der Waals surface area contributed by atoms with E-state index in [1.165, 1.54) is 4.52 Å². The zero-order valence-corrected chi connectivity index (χ0v) is 9.22. The third-order valence-corrected chi connectivity index (χ3v) is 2.79. The summed E-state index contributed by atoms with van der Waals surface area (Å²) in [4.78, 5) is 11.3. The predicted molar refractivity (Wildman–Crippen MR) is 60.1 cm³/mol. The largest absolute Gasteiger partial charge is 0.472 e. The standard InChI is InChI=1S/C10H13N5O2/c16-10-13-12-8-3-4-9(14-15(8)10)17-7-2-1-5-11-6-7/h3-4,7,11H,1-2,5-6H2,(H,13,16)/t7-/m0/s1. The fraction of sp³-hybridized carbons (Fsp3) is 0.500. The van der Waals surface area contributed by atoms with Gasteiger partial charge in [0.05, 0.1) is 0 Å². The Morgan fingerprint density at radius 1 is 1.47 bits per heavy atom. The van der Waals surface area contributed by atoms with Crippen molar-refractivity contribution in [3.05, 3.63) is 22.6 Å².